The molecule has 3 heterocycles. The van der Waals surface area contributed by atoms with Crippen molar-refractivity contribution in [3.63, 3.8) is 0 Å². The highest BCUT2D eigenvalue weighted by molar-refractivity contribution is 6.04. The molecule has 0 radical (unpaired) electrons. The van der Waals surface area contributed by atoms with Crippen LogP contribution in [0.25, 0.3) is 21.7 Å². The number of benzene rings is 2. The molecule has 11 nitrogen and oxygen atoms in total. The Hall–Kier alpha value is -4.56. The Bertz CT molecular complexity index is 1440. The van der Waals surface area contributed by atoms with Gasteiger partial charge < -0.3 is 25.2 Å². The molecule has 0 saturated carbocycles. The standard InChI is InChI=1S/C26H27N5O2.HNO3/c27-15-18-4-7-24-23(13-18)19(16-29-24)3-1-2-8-30-9-11-31(12-10-30)21-5-6-22-20(14-21)17-33-25(22)26(28)32;2-1(3)4/h4-7,13-14,16-17,29H,1-3,8-12H2,(H2,28,32);(H,2,3,4). The van der Waals surface area contributed by atoms with Gasteiger partial charge in [0.15, 0.2) is 5.76 Å². The number of fused-ring (bicyclic) bond motifs is 2. The lowest BCUT2D eigenvalue weighted by molar-refractivity contribution is -0.742. The summed E-state index contributed by atoms with van der Waals surface area (Å²) < 4.78 is 5.34. The first kappa shape index (κ1) is 25.5. The number of aryl methyl sites for hydroxylation is 1. The molecule has 0 spiro atoms. The fourth-order valence-corrected chi connectivity index (χ4v) is 4.76. The molecule has 1 amide bonds. The summed E-state index contributed by atoms with van der Waals surface area (Å²) in [6.07, 6.45) is 6.98. The Morgan fingerprint density at radius 3 is 2.62 bits per heavy atom. The van der Waals surface area contributed by atoms with E-state index >= 15 is 0 Å². The van der Waals surface area contributed by atoms with E-state index in [1.807, 2.05) is 30.3 Å². The van der Waals surface area contributed by atoms with Crippen LogP contribution in [0.4, 0.5) is 5.69 Å². The lowest BCUT2D eigenvalue weighted by Crippen LogP contribution is -2.46. The number of hydrogen-bond acceptors (Lipinski definition) is 7. The molecule has 192 valence electrons. The highest BCUT2D eigenvalue weighted by Gasteiger charge is 2.19. The van der Waals surface area contributed by atoms with E-state index in [0.717, 1.165) is 74.0 Å². The molecule has 1 aliphatic heterocycles. The number of hydrogen-bond donors (Lipinski definition) is 3. The number of aromatic nitrogens is 1. The molecule has 0 atom stereocenters. The minimum absolute atomic E-state index is 0.222. The first-order chi connectivity index (χ1) is 17.9. The van der Waals surface area contributed by atoms with Gasteiger partial charge in [-0.15, -0.1) is 10.1 Å². The summed E-state index contributed by atoms with van der Waals surface area (Å²) in [6, 6.07) is 14.1. The van der Waals surface area contributed by atoms with Gasteiger partial charge in [0.05, 0.1) is 17.9 Å². The van der Waals surface area contributed by atoms with Gasteiger partial charge in [-0.1, -0.05) is 0 Å². The Morgan fingerprint density at radius 1 is 1.16 bits per heavy atom. The minimum atomic E-state index is -1.50. The number of furan rings is 1. The highest BCUT2D eigenvalue weighted by atomic mass is 16.9. The number of primary amides is 1. The van der Waals surface area contributed by atoms with Crippen molar-refractivity contribution in [1.29, 1.82) is 5.26 Å². The maximum Gasteiger partial charge on any atom is 0.291 e. The van der Waals surface area contributed by atoms with Crippen LogP contribution >= 0.6 is 0 Å². The van der Waals surface area contributed by atoms with Gasteiger partial charge in [0.1, 0.15) is 0 Å². The van der Waals surface area contributed by atoms with Crippen LogP contribution in [0.15, 0.2) is 53.3 Å². The zero-order valence-corrected chi connectivity index (χ0v) is 20.2. The predicted molar refractivity (Wildman–Crippen MR) is 138 cm³/mol. The van der Waals surface area contributed by atoms with Crippen molar-refractivity contribution in [3.8, 4) is 6.07 Å². The number of H-pyrrole nitrogens is 1. The van der Waals surface area contributed by atoms with E-state index in [9.17, 15) is 4.79 Å². The number of anilines is 1. The average Bonchev–Trinajstić information content (AvgIpc) is 3.50. The van der Waals surface area contributed by atoms with Gasteiger partial charge in [0.2, 0.25) is 0 Å². The third kappa shape index (κ3) is 6.17. The molecule has 5 rings (SSSR count). The Kier molecular flexibility index (Phi) is 7.90. The number of carbonyl (C=O) groups excluding carboxylic acids is 1. The molecule has 0 bridgehead atoms. The van der Waals surface area contributed by atoms with Crippen LogP contribution in [0, 0.1) is 21.4 Å². The van der Waals surface area contributed by atoms with Gasteiger partial charge in [-0.25, -0.2) is 0 Å². The second-order valence-electron chi connectivity index (χ2n) is 8.91. The van der Waals surface area contributed by atoms with Crippen LogP contribution < -0.4 is 10.6 Å². The van der Waals surface area contributed by atoms with Gasteiger partial charge in [-0.2, -0.15) is 5.26 Å². The van der Waals surface area contributed by atoms with Gasteiger partial charge in [-0.3, -0.25) is 9.69 Å². The third-order valence-electron chi connectivity index (χ3n) is 6.61. The van der Waals surface area contributed by atoms with E-state index in [2.05, 4.69) is 33.1 Å². The summed E-state index contributed by atoms with van der Waals surface area (Å²) in [6.45, 7) is 5.13. The number of nitrogens with two attached hydrogens (primary N) is 1. The first-order valence-corrected chi connectivity index (χ1v) is 12.0. The zero-order valence-electron chi connectivity index (χ0n) is 20.2. The number of nitrogens with zero attached hydrogens (tertiary/aromatic N) is 4. The van der Waals surface area contributed by atoms with E-state index in [1.54, 1.807) is 6.26 Å². The number of nitriles is 1. The molecule has 1 saturated heterocycles. The van der Waals surface area contributed by atoms with E-state index in [-0.39, 0.29) is 5.76 Å². The van der Waals surface area contributed by atoms with Crippen molar-refractivity contribution in [2.75, 3.05) is 37.6 Å². The quantitative estimate of drug-likeness (QED) is 0.195. The van der Waals surface area contributed by atoms with E-state index in [4.69, 9.17) is 30.7 Å². The fourth-order valence-electron chi connectivity index (χ4n) is 4.76. The molecule has 1 fully saturated rings. The molecule has 0 aliphatic carbocycles. The van der Waals surface area contributed by atoms with E-state index < -0.39 is 11.0 Å². The predicted octanol–water partition coefficient (Wildman–Crippen LogP) is 3.68. The number of unbranched alkanes of at least 4 members (excludes halogenated alkanes) is 1. The summed E-state index contributed by atoms with van der Waals surface area (Å²) >= 11 is 0. The molecule has 11 heteroatoms. The zero-order chi connectivity index (χ0) is 26.4. The minimum Gasteiger partial charge on any atom is -0.458 e. The number of amides is 1. The second kappa shape index (κ2) is 11.5. The lowest BCUT2D eigenvalue weighted by Gasteiger charge is -2.36. The summed E-state index contributed by atoms with van der Waals surface area (Å²) in [5.41, 5.74) is 9.62. The summed E-state index contributed by atoms with van der Waals surface area (Å²) in [7, 11) is 0. The second-order valence-corrected chi connectivity index (χ2v) is 8.91. The summed E-state index contributed by atoms with van der Waals surface area (Å²) in [4.78, 5) is 28.0. The van der Waals surface area contributed by atoms with Crippen molar-refractivity contribution >= 4 is 33.3 Å². The number of carbonyl (C=O) groups is 1. The van der Waals surface area contributed by atoms with E-state index in [0.29, 0.717) is 5.56 Å². The lowest BCUT2D eigenvalue weighted by atomic mass is 10.0. The maximum absolute atomic E-state index is 11.5. The van der Waals surface area contributed by atoms with Crippen LogP contribution in [0.5, 0.6) is 0 Å². The fraction of sp³-hybridized carbons (Fsp3) is 0.308. The maximum atomic E-state index is 11.5. The smallest absolute Gasteiger partial charge is 0.291 e. The van der Waals surface area contributed by atoms with Crippen molar-refractivity contribution < 1.29 is 19.5 Å². The van der Waals surface area contributed by atoms with Crippen LogP contribution in [0.1, 0.15) is 34.5 Å². The van der Waals surface area contributed by atoms with Crippen molar-refractivity contribution in [1.82, 2.24) is 9.88 Å². The van der Waals surface area contributed by atoms with E-state index in [1.165, 1.54) is 10.9 Å². The number of aromatic amines is 1. The third-order valence-corrected chi connectivity index (χ3v) is 6.61. The average molecular weight is 505 g/mol. The van der Waals surface area contributed by atoms with Crippen molar-refractivity contribution in [3.05, 3.63) is 75.9 Å². The number of nitrogens with one attached hydrogen (secondary N) is 1. The van der Waals surface area contributed by atoms with Gasteiger partial charge >= 0.3 is 0 Å². The summed E-state index contributed by atoms with van der Waals surface area (Å²) in [5, 5.41) is 25.6. The Labute approximate surface area is 212 Å². The normalized spacial score (nSPS) is 13.8. The van der Waals surface area contributed by atoms with Gasteiger partial charge in [0, 0.05) is 59.7 Å². The van der Waals surface area contributed by atoms with Gasteiger partial charge in [-0.05, 0) is 67.8 Å². The molecule has 37 heavy (non-hydrogen) atoms. The number of piperazine rings is 1. The van der Waals surface area contributed by atoms with Crippen LogP contribution in [-0.4, -0.2) is 58.8 Å². The number of rotatable bonds is 7. The molecular formula is C26H28N6O5. The molecule has 4 aromatic rings. The first-order valence-electron chi connectivity index (χ1n) is 12.0. The van der Waals surface area contributed by atoms with Crippen LogP contribution in [-0.2, 0) is 6.42 Å². The monoisotopic (exact) mass is 504 g/mol. The molecule has 0 unspecified atom stereocenters. The Morgan fingerprint density at radius 2 is 1.92 bits per heavy atom. The van der Waals surface area contributed by atoms with Crippen LogP contribution in [0.2, 0.25) is 0 Å². The molecule has 4 N–H and O–H groups in total. The largest absolute Gasteiger partial charge is 0.458 e. The SMILES string of the molecule is N#Cc1ccc2[nH]cc(CCCCN3CCN(c4ccc5c(C(N)=O)occ5c4)CC3)c2c1.O=[N+]([O-])O. The van der Waals surface area contributed by atoms with Crippen molar-refractivity contribution in [2.24, 2.45) is 5.73 Å². The summed E-state index contributed by atoms with van der Waals surface area (Å²) in [5.74, 6) is -0.317. The van der Waals surface area contributed by atoms with Crippen LogP contribution in [0.3, 0.4) is 0 Å². The highest BCUT2D eigenvalue weighted by Crippen LogP contribution is 2.27. The van der Waals surface area contributed by atoms with Crippen molar-refractivity contribution in [2.45, 2.75) is 19.3 Å². The molecule has 2 aromatic carbocycles. The molecular weight excluding hydrogens is 476 g/mol. The Balaban J connectivity index is 0.000000747. The van der Waals surface area contributed by atoms with Gasteiger partial charge in [0.25, 0.3) is 11.0 Å². The molecule has 1 aliphatic rings. The topological polar surface area (TPSA) is 166 Å². The molecule has 2 aromatic heterocycles.